The van der Waals surface area contributed by atoms with Crippen LogP contribution in [0.4, 0.5) is 16.4 Å². The Morgan fingerprint density at radius 3 is 2.94 bits per heavy atom. The number of aryl methyl sites for hydroxylation is 1. The summed E-state index contributed by atoms with van der Waals surface area (Å²) < 4.78 is 17.8. The largest absolute Gasteiger partial charge is 0.480 e. The summed E-state index contributed by atoms with van der Waals surface area (Å²) in [5.74, 6) is 1.17. The van der Waals surface area contributed by atoms with E-state index in [4.69, 9.17) is 14.2 Å². The second-order valence-electron chi connectivity index (χ2n) is 8.00. The molecule has 0 aliphatic carbocycles. The van der Waals surface area contributed by atoms with Gasteiger partial charge in [0.25, 0.3) is 11.5 Å². The lowest BCUT2D eigenvalue weighted by atomic mass is 10.2. The molecule has 3 aromatic rings. The first kappa shape index (κ1) is 22.5. The highest BCUT2D eigenvalue weighted by atomic mass is 16.6. The molecule has 5 rings (SSSR count). The molecule has 5 heterocycles. The van der Waals surface area contributed by atoms with Crippen LogP contribution in [-0.4, -0.2) is 70.5 Å². The van der Waals surface area contributed by atoms with Gasteiger partial charge in [0.05, 0.1) is 12.7 Å². The molecule has 35 heavy (non-hydrogen) atoms. The van der Waals surface area contributed by atoms with E-state index in [0.717, 1.165) is 0 Å². The molecule has 2 amide bonds. The Hall–Kier alpha value is -4.26. The van der Waals surface area contributed by atoms with Crippen LogP contribution >= 0.6 is 0 Å². The first-order chi connectivity index (χ1) is 17.0. The fourth-order valence-corrected chi connectivity index (χ4v) is 3.75. The SMILES string of the molecule is Cn1c(=O)ccc2ncc(OCCNCCC3CN(c4ccc5c(n4)NC(=O)CO5)C(=O)O3)nc21. The molecule has 182 valence electrons. The number of hydrogen-bond acceptors (Lipinski definition) is 10. The number of nitrogens with one attached hydrogen (secondary N) is 2. The van der Waals surface area contributed by atoms with Gasteiger partial charge < -0.3 is 24.8 Å². The number of pyridine rings is 2. The molecular weight excluding hydrogens is 458 g/mol. The maximum Gasteiger partial charge on any atom is 0.415 e. The smallest absolute Gasteiger partial charge is 0.415 e. The van der Waals surface area contributed by atoms with Crippen LogP contribution in [0.2, 0.25) is 0 Å². The number of carbonyl (C=O) groups is 2. The summed E-state index contributed by atoms with van der Waals surface area (Å²) in [7, 11) is 1.63. The van der Waals surface area contributed by atoms with Crippen molar-refractivity contribution in [3.8, 4) is 11.6 Å². The zero-order valence-electron chi connectivity index (χ0n) is 18.9. The van der Waals surface area contributed by atoms with Gasteiger partial charge in [-0.05, 0) is 31.2 Å². The predicted octanol–water partition coefficient (Wildman–Crippen LogP) is 0.438. The first-order valence-electron chi connectivity index (χ1n) is 11.1. The molecule has 13 heteroatoms. The van der Waals surface area contributed by atoms with E-state index in [1.54, 1.807) is 25.2 Å². The molecule has 2 aliphatic heterocycles. The summed E-state index contributed by atoms with van der Waals surface area (Å²) >= 11 is 0. The van der Waals surface area contributed by atoms with E-state index in [-0.39, 0.29) is 30.0 Å². The van der Waals surface area contributed by atoms with Crippen LogP contribution in [0.1, 0.15) is 6.42 Å². The van der Waals surface area contributed by atoms with Crippen molar-refractivity contribution in [1.29, 1.82) is 0 Å². The Labute approximate surface area is 199 Å². The van der Waals surface area contributed by atoms with Gasteiger partial charge in [-0.2, -0.15) is 4.98 Å². The van der Waals surface area contributed by atoms with Gasteiger partial charge in [0.1, 0.15) is 24.0 Å². The second kappa shape index (κ2) is 9.54. The van der Waals surface area contributed by atoms with Crippen molar-refractivity contribution >= 4 is 34.8 Å². The van der Waals surface area contributed by atoms with Crippen molar-refractivity contribution in [3.05, 3.63) is 40.8 Å². The van der Waals surface area contributed by atoms with Crippen molar-refractivity contribution in [1.82, 2.24) is 24.8 Å². The van der Waals surface area contributed by atoms with Crippen LogP contribution in [0.15, 0.2) is 35.3 Å². The standard InChI is InChI=1S/C22H23N7O6/c1-28-19(31)5-2-14-21(28)27-18(10-24-14)33-9-8-23-7-6-13-11-29(22(32)35-13)16-4-3-15-20(25-16)26-17(30)12-34-15/h2-5,10,13,23H,6-9,11-12H2,1H3,(H,25,26,30). The maximum absolute atomic E-state index is 12.3. The highest BCUT2D eigenvalue weighted by Crippen LogP contribution is 2.30. The number of amides is 2. The average molecular weight is 481 g/mol. The normalized spacial score (nSPS) is 17.1. The molecule has 1 unspecified atom stereocenters. The Morgan fingerprint density at radius 1 is 1.17 bits per heavy atom. The maximum atomic E-state index is 12.3. The number of hydrogen-bond donors (Lipinski definition) is 2. The van der Waals surface area contributed by atoms with Gasteiger partial charge in [0.15, 0.2) is 23.8 Å². The summed E-state index contributed by atoms with van der Waals surface area (Å²) in [6.45, 7) is 1.79. The molecule has 0 spiro atoms. The van der Waals surface area contributed by atoms with Crippen molar-refractivity contribution in [3.63, 3.8) is 0 Å². The minimum absolute atomic E-state index is 0.0590. The molecule has 0 saturated carbocycles. The summed E-state index contributed by atoms with van der Waals surface area (Å²) in [5, 5.41) is 5.87. The van der Waals surface area contributed by atoms with Crippen LogP contribution in [0.3, 0.4) is 0 Å². The Morgan fingerprint density at radius 2 is 2.06 bits per heavy atom. The molecule has 13 nitrogen and oxygen atoms in total. The van der Waals surface area contributed by atoms with E-state index in [0.29, 0.717) is 61.3 Å². The van der Waals surface area contributed by atoms with Crippen LogP contribution in [0.25, 0.3) is 11.2 Å². The molecule has 0 radical (unpaired) electrons. The van der Waals surface area contributed by atoms with E-state index in [9.17, 15) is 14.4 Å². The third kappa shape index (κ3) is 4.84. The van der Waals surface area contributed by atoms with Gasteiger partial charge in [-0.3, -0.25) is 19.1 Å². The number of aromatic nitrogens is 4. The number of rotatable bonds is 8. The fourth-order valence-electron chi connectivity index (χ4n) is 3.75. The van der Waals surface area contributed by atoms with Crippen molar-refractivity contribution in [2.45, 2.75) is 12.5 Å². The van der Waals surface area contributed by atoms with E-state index in [1.165, 1.54) is 21.7 Å². The number of anilines is 2. The van der Waals surface area contributed by atoms with E-state index < -0.39 is 6.09 Å². The predicted molar refractivity (Wildman–Crippen MR) is 124 cm³/mol. The van der Waals surface area contributed by atoms with Crippen LogP contribution in [0, 0.1) is 0 Å². The fraction of sp³-hybridized carbons (Fsp3) is 0.364. The van der Waals surface area contributed by atoms with Crippen molar-refractivity contribution in [2.75, 3.05) is 43.1 Å². The van der Waals surface area contributed by atoms with Gasteiger partial charge in [-0.1, -0.05) is 0 Å². The molecule has 1 saturated heterocycles. The topological polar surface area (TPSA) is 150 Å². The molecule has 3 aromatic heterocycles. The zero-order valence-corrected chi connectivity index (χ0v) is 18.9. The van der Waals surface area contributed by atoms with Gasteiger partial charge >= 0.3 is 6.09 Å². The molecule has 1 fully saturated rings. The third-order valence-electron chi connectivity index (χ3n) is 5.57. The van der Waals surface area contributed by atoms with Crippen molar-refractivity contribution in [2.24, 2.45) is 7.05 Å². The monoisotopic (exact) mass is 481 g/mol. The number of fused-ring (bicyclic) bond motifs is 2. The Balaban J connectivity index is 1.07. The quantitative estimate of drug-likeness (QED) is 0.434. The lowest BCUT2D eigenvalue weighted by Gasteiger charge is -2.19. The zero-order chi connectivity index (χ0) is 24.4. The van der Waals surface area contributed by atoms with Crippen molar-refractivity contribution < 1.29 is 23.8 Å². The average Bonchev–Trinajstić information content (AvgIpc) is 3.23. The number of cyclic esters (lactones) is 1. The summed E-state index contributed by atoms with van der Waals surface area (Å²) in [6.07, 6.45) is 1.33. The Bertz CT molecular complexity index is 1340. The second-order valence-corrected chi connectivity index (χ2v) is 8.00. The van der Waals surface area contributed by atoms with Gasteiger partial charge in [-0.25, -0.2) is 14.8 Å². The van der Waals surface area contributed by atoms with Crippen LogP contribution < -0.4 is 30.6 Å². The van der Waals surface area contributed by atoms with E-state index >= 15 is 0 Å². The van der Waals surface area contributed by atoms with Gasteiger partial charge in [0.2, 0.25) is 5.88 Å². The lowest BCUT2D eigenvalue weighted by Crippen LogP contribution is -2.29. The third-order valence-corrected chi connectivity index (χ3v) is 5.57. The van der Waals surface area contributed by atoms with Crippen LogP contribution in [-0.2, 0) is 16.6 Å². The summed E-state index contributed by atoms with van der Waals surface area (Å²) in [6, 6.07) is 6.39. The van der Waals surface area contributed by atoms with Gasteiger partial charge in [-0.15, -0.1) is 0 Å². The molecule has 0 bridgehead atoms. The molecule has 2 aliphatic rings. The number of nitrogens with zero attached hydrogens (tertiary/aromatic N) is 5. The first-order valence-corrected chi connectivity index (χ1v) is 11.1. The molecular formula is C22H23N7O6. The minimum Gasteiger partial charge on any atom is -0.480 e. The molecule has 1 atom stereocenters. The van der Waals surface area contributed by atoms with Crippen LogP contribution in [0.5, 0.6) is 11.6 Å². The number of carbonyl (C=O) groups excluding carboxylic acids is 2. The minimum atomic E-state index is -0.488. The molecule has 2 N–H and O–H groups in total. The van der Waals surface area contributed by atoms with E-state index in [2.05, 4.69) is 25.6 Å². The highest BCUT2D eigenvalue weighted by Gasteiger charge is 2.33. The van der Waals surface area contributed by atoms with E-state index in [1.807, 2.05) is 0 Å². The summed E-state index contributed by atoms with van der Waals surface area (Å²) in [4.78, 5) is 49.9. The summed E-state index contributed by atoms with van der Waals surface area (Å²) in [5.41, 5.74) is 0.903. The van der Waals surface area contributed by atoms with Gasteiger partial charge in [0, 0.05) is 19.7 Å². The molecule has 0 aromatic carbocycles. The highest BCUT2D eigenvalue weighted by molar-refractivity contribution is 5.95. The number of ether oxygens (including phenoxy) is 3. The Kier molecular flexibility index (Phi) is 6.14. The lowest BCUT2D eigenvalue weighted by molar-refractivity contribution is -0.118.